The second kappa shape index (κ2) is 5.91. The summed E-state index contributed by atoms with van der Waals surface area (Å²) >= 11 is 0. The predicted molar refractivity (Wildman–Crippen MR) is 78.7 cm³/mol. The van der Waals surface area contributed by atoms with Gasteiger partial charge < -0.3 is 10.3 Å². The van der Waals surface area contributed by atoms with Gasteiger partial charge in [0, 0.05) is 37.6 Å². The van der Waals surface area contributed by atoms with E-state index in [1.165, 1.54) is 5.56 Å². The number of nitrogens with zero attached hydrogens (tertiary/aromatic N) is 3. The largest absolute Gasteiger partial charge is 0.333 e. The summed E-state index contributed by atoms with van der Waals surface area (Å²) in [6.45, 7) is 4.37. The van der Waals surface area contributed by atoms with E-state index in [9.17, 15) is 0 Å². The van der Waals surface area contributed by atoms with Crippen molar-refractivity contribution in [1.29, 1.82) is 0 Å². The van der Waals surface area contributed by atoms with Gasteiger partial charge >= 0.3 is 0 Å². The summed E-state index contributed by atoms with van der Waals surface area (Å²) in [5.41, 5.74) is 7.70. The lowest BCUT2D eigenvalue weighted by molar-refractivity contribution is 0.209. The topological polar surface area (TPSA) is 47.1 Å². The maximum absolute atomic E-state index is 5.37. The van der Waals surface area contributed by atoms with E-state index in [4.69, 9.17) is 5.73 Å². The second-order valence-corrected chi connectivity index (χ2v) is 4.95. The van der Waals surface area contributed by atoms with E-state index in [1.807, 2.05) is 6.20 Å². The summed E-state index contributed by atoms with van der Waals surface area (Å²) in [7, 11) is 0. The molecule has 0 radical (unpaired) electrons. The van der Waals surface area contributed by atoms with E-state index >= 15 is 0 Å². The minimum Gasteiger partial charge on any atom is -0.333 e. The number of aromatic nitrogens is 2. The van der Waals surface area contributed by atoms with Gasteiger partial charge in [-0.05, 0) is 17.7 Å². The van der Waals surface area contributed by atoms with Gasteiger partial charge in [0.15, 0.2) is 0 Å². The van der Waals surface area contributed by atoms with Crippen LogP contribution in [-0.2, 0) is 19.6 Å². The van der Waals surface area contributed by atoms with E-state index in [2.05, 4.69) is 56.8 Å². The van der Waals surface area contributed by atoms with Crippen molar-refractivity contribution >= 4 is 0 Å². The number of fused-ring (bicyclic) bond motifs is 1. The van der Waals surface area contributed by atoms with Crippen LogP contribution in [0, 0.1) is 11.8 Å². The molecule has 0 atom stereocenters. The third kappa shape index (κ3) is 2.90. The van der Waals surface area contributed by atoms with Crippen LogP contribution in [0.25, 0.3) is 0 Å². The molecule has 3 rings (SSSR count). The average Bonchev–Trinajstić information content (AvgIpc) is 2.94. The van der Waals surface area contributed by atoms with Crippen LogP contribution in [0.3, 0.4) is 0 Å². The fraction of sp³-hybridized carbons (Fsp3) is 0.312. The number of benzene rings is 1. The van der Waals surface area contributed by atoms with E-state index < -0.39 is 0 Å². The van der Waals surface area contributed by atoms with Crippen LogP contribution in [0.4, 0.5) is 0 Å². The highest BCUT2D eigenvalue weighted by Crippen LogP contribution is 2.14. The molecule has 1 aliphatic heterocycles. The van der Waals surface area contributed by atoms with E-state index in [0.717, 1.165) is 37.6 Å². The molecule has 0 amide bonds. The molecule has 2 N–H and O–H groups in total. The summed E-state index contributed by atoms with van der Waals surface area (Å²) in [6.07, 6.45) is 3.93. The Balaban J connectivity index is 1.64. The monoisotopic (exact) mass is 266 g/mol. The Morgan fingerprint density at radius 3 is 2.85 bits per heavy atom. The lowest BCUT2D eigenvalue weighted by Crippen LogP contribution is -2.33. The van der Waals surface area contributed by atoms with Gasteiger partial charge in [-0.3, -0.25) is 4.90 Å². The van der Waals surface area contributed by atoms with Crippen LogP contribution < -0.4 is 5.73 Å². The fourth-order valence-corrected chi connectivity index (χ4v) is 2.46. The third-order valence-corrected chi connectivity index (χ3v) is 3.52. The number of hydrogen-bond donors (Lipinski definition) is 1. The van der Waals surface area contributed by atoms with Gasteiger partial charge in [-0.1, -0.05) is 24.0 Å². The molecular weight excluding hydrogens is 248 g/mol. The summed E-state index contributed by atoms with van der Waals surface area (Å²) in [5.74, 6) is 7.07. The van der Waals surface area contributed by atoms with Gasteiger partial charge in [-0.2, -0.15) is 0 Å². The molecule has 0 unspecified atom stereocenters. The standard InChI is InChI=1S/C16H18N4/c17-7-1-2-14-3-5-15(6-4-14)12-19-10-11-20-9-8-18-16(20)13-19/h3-6,8-9H,7,10-13,17H2. The number of imidazole rings is 1. The lowest BCUT2D eigenvalue weighted by Gasteiger charge is -2.27. The van der Waals surface area contributed by atoms with Crippen LogP contribution in [0.1, 0.15) is 17.0 Å². The number of rotatable bonds is 2. The predicted octanol–water partition coefficient (Wildman–Crippen LogP) is 1.21. The summed E-state index contributed by atoms with van der Waals surface area (Å²) < 4.78 is 2.22. The average molecular weight is 266 g/mol. The molecule has 1 aliphatic rings. The Morgan fingerprint density at radius 2 is 2.05 bits per heavy atom. The minimum atomic E-state index is 0.405. The Bertz CT molecular complexity index is 630. The van der Waals surface area contributed by atoms with Crippen molar-refractivity contribution in [2.24, 2.45) is 5.73 Å². The maximum atomic E-state index is 5.37. The molecule has 4 nitrogen and oxygen atoms in total. The SMILES string of the molecule is NCC#Cc1ccc(CN2CCn3ccnc3C2)cc1. The van der Waals surface area contributed by atoms with Gasteiger partial charge in [-0.25, -0.2) is 4.98 Å². The van der Waals surface area contributed by atoms with Crippen LogP contribution >= 0.6 is 0 Å². The van der Waals surface area contributed by atoms with Crippen LogP contribution in [-0.4, -0.2) is 27.5 Å². The molecule has 0 aliphatic carbocycles. The Labute approximate surface area is 119 Å². The van der Waals surface area contributed by atoms with Gasteiger partial charge in [0.05, 0.1) is 13.1 Å². The molecule has 4 heteroatoms. The molecule has 1 aromatic heterocycles. The van der Waals surface area contributed by atoms with Crippen molar-refractivity contribution in [1.82, 2.24) is 14.5 Å². The highest BCUT2D eigenvalue weighted by atomic mass is 15.2. The molecule has 2 aromatic rings. The summed E-state index contributed by atoms with van der Waals surface area (Å²) in [5, 5.41) is 0. The molecule has 2 heterocycles. The zero-order chi connectivity index (χ0) is 13.8. The van der Waals surface area contributed by atoms with Crippen molar-refractivity contribution in [3.05, 3.63) is 53.6 Å². The summed E-state index contributed by atoms with van der Waals surface area (Å²) in [4.78, 5) is 6.81. The molecule has 0 saturated heterocycles. The molecule has 0 spiro atoms. The second-order valence-electron chi connectivity index (χ2n) is 4.95. The maximum Gasteiger partial charge on any atom is 0.122 e. The van der Waals surface area contributed by atoms with Gasteiger partial charge in [0.2, 0.25) is 0 Å². The minimum absolute atomic E-state index is 0.405. The first-order valence-corrected chi connectivity index (χ1v) is 6.85. The molecule has 0 fully saturated rings. The zero-order valence-corrected chi connectivity index (χ0v) is 11.4. The number of hydrogen-bond acceptors (Lipinski definition) is 3. The van der Waals surface area contributed by atoms with E-state index in [-0.39, 0.29) is 0 Å². The fourth-order valence-electron chi connectivity index (χ4n) is 2.46. The molecule has 0 saturated carbocycles. The normalized spacial score (nSPS) is 14.4. The first-order valence-electron chi connectivity index (χ1n) is 6.85. The van der Waals surface area contributed by atoms with Crippen molar-refractivity contribution in [2.45, 2.75) is 19.6 Å². The molecular formula is C16H18N4. The molecule has 20 heavy (non-hydrogen) atoms. The van der Waals surface area contributed by atoms with Crippen molar-refractivity contribution < 1.29 is 0 Å². The first-order chi connectivity index (χ1) is 9.85. The summed E-state index contributed by atoms with van der Waals surface area (Å²) in [6, 6.07) is 8.40. The van der Waals surface area contributed by atoms with Gasteiger partial charge in [0.25, 0.3) is 0 Å². The van der Waals surface area contributed by atoms with E-state index in [0.29, 0.717) is 6.54 Å². The molecule has 102 valence electrons. The molecule has 1 aromatic carbocycles. The highest BCUT2D eigenvalue weighted by molar-refractivity contribution is 5.36. The van der Waals surface area contributed by atoms with Crippen LogP contribution in [0.5, 0.6) is 0 Å². The van der Waals surface area contributed by atoms with Crippen LogP contribution in [0.2, 0.25) is 0 Å². The quantitative estimate of drug-likeness (QED) is 0.831. The van der Waals surface area contributed by atoms with Crippen LogP contribution in [0.15, 0.2) is 36.7 Å². The van der Waals surface area contributed by atoms with Crippen molar-refractivity contribution in [2.75, 3.05) is 13.1 Å². The highest BCUT2D eigenvalue weighted by Gasteiger charge is 2.16. The lowest BCUT2D eigenvalue weighted by atomic mass is 10.1. The molecule has 0 bridgehead atoms. The number of nitrogens with two attached hydrogens (primary N) is 1. The van der Waals surface area contributed by atoms with Gasteiger partial charge in [-0.15, -0.1) is 0 Å². The van der Waals surface area contributed by atoms with Gasteiger partial charge in [0.1, 0.15) is 5.82 Å². The Kier molecular flexibility index (Phi) is 3.82. The van der Waals surface area contributed by atoms with E-state index in [1.54, 1.807) is 0 Å². The van der Waals surface area contributed by atoms with Crippen molar-refractivity contribution in [3.63, 3.8) is 0 Å². The Morgan fingerprint density at radius 1 is 1.20 bits per heavy atom. The van der Waals surface area contributed by atoms with Crippen molar-refractivity contribution in [3.8, 4) is 11.8 Å². The smallest absolute Gasteiger partial charge is 0.122 e. The Hall–Kier alpha value is -2.09. The third-order valence-electron chi connectivity index (χ3n) is 3.52. The zero-order valence-electron chi connectivity index (χ0n) is 11.4. The first kappa shape index (κ1) is 12.9.